The molecule has 0 aromatic carbocycles. The second-order valence-corrected chi connectivity index (χ2v) is 6.90. The lowest BCUT2D eigenvalue weighted by atomic mass is 10.2. The molecule has 130 valence electrons. The van der Waals surface area contributed by atoms with Crippen molar-refractivity contribution in [1.82, 2.24) is 9.88 Å². The zero-order valence-corrected chi connectivity index (χ0v) is 15.6. The molecule has 23 heavy (non-hydrogen) atoms. The van der Waals surface area contributed by atoms with E-state index in [2.05, 4.69) is 21.2 Å². The second-order valence-electron chi connectivity index (χ2n) is 5.99. The van der Waals surface area contributed by atoms with E-state index in [9.17, 15) is 9.59 Å². The lowest BCUT2D eigenvalue weighted by molar-refractivity contribution is 0.0459. The summed E-state index contributed by atoms with van der Waals surface area (Å²) >= 11 is 3.33. The third-order valence-electron chi connectivity index (χ3n) is 2.76. The molecule has 0 aliphatic carbocycles. The minimum atomic E-state index is -0.588. The molecule has 8 heteroatoms. The first-order valence-electron chi connectivity index (χ1n) is 7.08. The zero-order chi connectivity index (χ0) is 17.6. The normalized spacial score (nSPS) is 12.6. The molecule has 0 aliphatic heterocycles. The number of rotatable bonds is 6. The van der Waals surface area contributed by atoms with Gasteiger partial charge in [0.1, 0.15) is 11.3 Å². The molecule has 0 bridgehead atoms. The van der Waals surface area contributed by atoms with Crippen LogP contribution in [0.25, 0.3) is 0 Å². The number of hydrogen-bond donors (Lipinski definition) is 1. The Morgan fingerprint density at radius 3 is 2.52 bits per heavy atom. The number of ether oxygens (including phenoxy) is 3. The second kappa shape index (κ2) is 8.35. The number of nitrogens with one attached hydrogen (secondary N) is 1. The van der Waals surface area contributed by atoms with Crippen molar-refractivity contribution in [2.24, 2.45) is 0 Å². The van der Waals surface area contributed by atoms with Crippen LogP contribution in [0.1, 0.15) is 31.3 Å². The van der Waals surface area contributed by atoms with Crippen molar-refractivity contribution in [3.05, 3.63) is 22.4 Å². The molecular weight excluding hydrogens is 368 g/mol. The smallest absolute Gasteiger partial charge is 0.408 e. The van der Waals surface area contributed by atoms with Gasteiger partial charge in [0.2, 0.25) is 0 Å². The van der Waals surface area contributed by atoms with Gasteiger partial charge in [-0.3, -0.25) is 0 Å². The molecule has 0 saturated carbocycles. The van der Waals surface area contributed by atoms with Gasteiger partial charge < -0.3 is 24.1 Å². The van der Waals surface area contributed by atoms with Crippen molar-refractivity contribution >= 4 is 28.0 Å². The molecule has 1 rings (SSSR count). The van der Waals surface area contributed by atoms with Crippen LogP contribution in [0.15, 0.2) is 16.7 Å². The molecule has 1 heterocycles. The summed E-state index contributed by atoms with van der Waals surface area (Å²) in [5, 5.41) is 2.74. The highest BCUT2D eigenvalue weighted by Crippen LogP contribution is 2.16. The van der Waals surface area contributed by atoms with E-state index in [1.54, 1.807) is 37.6 Å². The van der Waals surface area contributed by atoms with Gasteiger partial charge in [-0.1, -0.05) is 0 Å². The molecule has 0 aliphatic rings. The monoisotopic (exact) mass is 390 g/mol. The molecule has 1 aromatic rings. The highest BCUT2D eigenvalue weighted by Gasteiger charge is 2.22. The SMILES string of the molecule is COC[C@@H](Cn1cc(Br)cc1C(=O)OC)NC(=O)OC(C)(C)C. The van der Waals surface area contributed by atoms with Crippen LogP contribution in [0.5, 0.6) is 0 Å². The van der Waals surface area contributed by atoms with Crippen molar-refractivity contribution in [3.63, 3.8) is 0 Å². The number of carbonyl (C=O) groups is 2. The van der Waals surface area contributed by atoms with Crippen molar-refractivity contribution < 1.29 is 23.8 Å². The highest BCUT2D eigenvalue weighted by molar-refractivity contribution is 9.10. The third kappa shape index (κ3) is 6.62. The average Bonchev–Trinajstić information content (AvgIpc) is 2.76. The van der Waals surface area contributed by atoms with Gasteiger partial charge in [0.05, 0.1) is 19.8 Å². The summed E-state index contributed by atoms with van der Waals surface area (Å²) in [7, 11) is 2.86. The fourth-order valence-corrected chi connectivity index (χ4v) is 2.42. The van der Waals surface area contributed by atoms with Gasteiger partial charge >= 0.3 is 12.1 Å². The summed E-state index contributed by atoms with van der Waals surface area (Å²) in [6.45, 7) is 5.97. The predicted molar refractivity (Wildman–Crippen MR) is 88.5 cm³/mol. The third-order valence-corrected chi connectivity index (χ3v) is 3.20. The van der Waals surface area contributed by atoms with Crippen LogP contribution in [0.4, 0.5) is 4.79 Å². The Bertz CT molecular complexity index is 551. The lowest BCUT2D eigenvalue weighted by Crippen LogP contribution is -2.43. The molecule has 1 atom stereocenters. The number of hydrogen-bond acceptors (Lipinski definition) is 5. The number of esters is 1. The Kier molecular flexibility index (Phi) is 7.08. The fourth-order valence-electron chi connectivity index (χ4n) is 1.95. The Hall–Kier alpha value is -1.54. The van der Waals surface area contributed by atoms with Gasteiger partial charge in [0.25, 0.3) is 0 Å². The van der Waals surface area contributed by atoms with E-state index < -0.39 is 17.7 Å². The van der Waals surface area contributed by atoms with Crippen LogP contribution in [0.3, 0.4) is 0 Å². The molecule has 1 aromatic heterocycles. The molecule has 0 radical (unpaired) electrons. The van der Waals surface area contributed by atoms with E-state index in [1.165, 1.54) is 14.2 Å². The number of alkyl carbamates (subject to hydrolysis) is 1. The van der Waals surface area contributed by atoms with Crippen LogP contribution in [-0.4, -0.2) is 49.1 Å². The Morgan fingerprint density at radius 1 is 1.35 bits per heavy atom. The van der Waals surface area contributed by atoms with Crippen LogP contribution in [0, 0.1) is 0 Å². The molecule has 0 unspecified atom stereocenters. The van der Waals surface area contributed by atoms with E-state index in [-0.39, 0.29) is 12.6 Å². The van der Waals surface area contributed by atoms with Gasteiger partial charge in [0, 0.05) is 24.3 Å². The largest absolute Gasteiger partial charge is 0.464 e. The van der Waals surface area contributed by atoms with Crippen LogP contribution in [0.2, 0.25) is 0 Å². The highest BCUT2D eigenvalue weighted by atomic mass is 79.9. The summed E-state index contributed by atoms with van der Waals surface area (Å²) in [5.41, 5.74) is -0.207. The lowest BCUT2D eigenvalue weighted by Gasteiger charge is -2.24. The van der Waals surface area contributed by atoms with Crippen LogP contribution >= 0.6 is 15.9 Å². The summed E-state index contributed by atoms with van der Waals surface area (Å²) in [6, 6.07) is 1.29. The summed E-state index contributed by atoms with van der Waals surface area (Å²) in [4.78, 5) is 23.7. The number of methoxy groups -OCH3 is 2. The molecule has 1 N–H and O–H groups in total. The minimum absolute atomic E-state index is 0.273. The maximum absolute atomic E-state index is 11.9. The predicted octanol–water partition coefficient (Wildman–Crippen LogP) is 2.58. The van der Waals surface area contributed by atoms with Gasteiger partial charge in [0.15, 0.2) is 0 Å². The van der Waals surface area contributed by atoms with Crippen LogP contribution in [-0.2, 0) is 20.8 Å². The van der Waals surface area contributed by atoms with Gasteiger partial charge in [-0.2, -0.15) is 0 Å². The molecule has 0 fully saturated rings. The van der Waals surface area contributed by atoms with Crippen molar-refractivity contribution in [1.29, 1.82) is 0 Å². The number of aromatic nitrogens is 1. The topological polar surface area (TPSA) is 78.8 Å². The molecule has 0 spiro atoms. The molecule has 1 amide bonds. The summed E-state index contributed by atoms with van der Waals surface area (Å²) in [5.74, 6) is -0.455. The molecule has 7 nitrogen and oxygen atoms in total. The Balaban J connectivity index is 2.84. The Morgan fingerprint density at radius 2 is 2.00 bits per heavy atom. The minimum Gasteiger partial charge on any atom is -0.464 e. The van der Waals surface area contributed by atoms with Crippen molar-refractivity contribution in [2.45, 2.75) is 39.0 Å². The molecular formula is C15H23BrN2O5. The van der Waals surface area contributed by atoms with Gasteiger partial charge in [-0.15, -0.1) is 0 Å². The number of carbonyl (C=O) groups excluding carboxylic acids is 2. The summed E-state index contributed by atoms with van der Waals surface area (Å²) < 4.78 is 17.6. The standard InChI is InChI=1S/C15H23BrN2O5/c1-15(2,3)23-14(20)17-11(9-21-4)8-18-7-10(16)6-12(18)13(19)22-5/h6-7,11H,8-9H2,1-5H3,(H,17,20)/t11-/m1/s1. The first-order chi connectivity index (χ1) is 10.7. The average molecular weight is 391 g/mol. The van der Waals surface area contributed by atoms with Gasteiger partial charge in [-0.05, 0) is 42.8 Å². The van der Waals surface area contributed by atoms with E-state index in [4.69, 9.17) is 14.2 Å². The molecule has 0 saturated heterocycles. The zero-order valence-electron chi connectivity index (χ0n) is 14.0. The summed E-state index contributed by atoms with van der Waals surface area (Å²) in [6.07, 6.45) is 1.21. The van der Waals surface area contributed by atoms with E-state index >= 15 is 0 Å². The van der Waals surface area contributed by atoms with E-state index in [0.717, 1.165) is 4.47 Å². The van der Waals surface area contributed by atoms with E-state index in [1.807, 2.05) is 0 Å². The van der Waals surface area contributed by atoms with Crippen molar-refractivity contribution in [3.8, 4) is 0 Å². The first-order valence-corrected chi connectivity index (χ1v) is 7.88. The number of nitrogens with zero attached hydrogens (tertiary/aromatic N) is 1. The first kappa shape index (κ1) is 19.5. The Labute approximate surface area is 144 Å². The van der Waals surface area contributed by atoms with E-state index in [0.29, 0.717) is 12.2 Å². The maximum atomic E-state index is 11.9. The number of amides is 1. The quantitative estimate of drug-likeness (QED) is 0.755. The van der Waals surface area contributed by atoms with Crippen LogP contribution < -0.4 is 5.32 Å². The maximum Gasteiger partial charge on any atom is 0.408 e. The fraction of sp³-hybridized carbons (Fsp3) is 0.600. The number of halogens is 1. The van der Waals surface area contributed by atoms with Gasteiger partial charge in [-0.25, -0.2) is 9.59 Å². The van der Waals surface area contributed by atoms with Crippen molar-refractivity contribution in [2.75, 3.05) is 20.8 Å².